The molecule has 0 aromatic rings. The fraction of sp³-hybridized carbons (Fsp3) is 1.00. The second-order valence-corrected chi connectivity index (χ2v) is 2.66. The summed E-state index contributed by atoms with van der Waals surface area (Å²) in [7, 11) is 0. The highest BCUT2D eigenvalue weighted by Crippen LogP contribution is 1.83. The van der Waals surface area contributed by atoms with E-state index in [1.165, 1.54) is 0 Å². The first-order chi connectivity index (χ1) is 5.91. The maximum Gasteiger partial charge on any atom is 0.0700 e. The minimum atomic E-state index is 0.384. The standard InChI is InChI=1S/C6H12BrN3O2/c7-1-3-11-5-6-12-4-2-9-10-8/h1-6H2. The highest BCUT2D eigenvalue weighted by Gasteiger charge is 1.87. The van der Waals surface area contributed by atoms with E-state index in [2.05, 4.69) is 26.0 Å². The molecular formula is C6H12BrN3O2. The van der Waals surface area contributed by atoms with Crippen LogP contribution in [0, 0.1) is 0 Å². The van der Waals surface area contributed by atoms with E-state index < -0.39 is 0 Å². The molecule has 0 atom stereocenters. The summed E-state index contributed by atoms with van der Waals surface area (Å²) in [6.07, 6.45) is 0. The number of ether oxygens (including phenoxy) is 2. The van der Waals surface area contributed by atoms with Crippen LogP contribution < -0.4 is 0 Å². The van der Waals surface area contributed by atoms with Crippen molar-refractivity contribution in [2.24, 2.45) is 5.11 Å². The Hall–Kier alpha value is -0.290. The maximum atomic E-state index is 7.91. The van der Waals surface area contributed by atoms with Crippen LogP contribution in [0.25, 0.3) is 10.4 Å². The molecule has 0 heterocycles. The van der Waals surface area contributed by atoms with E-state index in [-0.39, 0.29) is 0 Å². The Morgan fingerprint density at radius 2 is 1.83 bits per heavy atom. The molecule has 70 valence electrons. The Balaban J connectivity index is 2.86. The molecule has 0 unspecified atom stereocenters. The monoisotopic (exact) mass is 237 g/mol. The van der Waals surface area contributed by atoms with Crippen molar-refractivity contribution < 1.29 is 9.47 Å². The van der Waals surface area contributed by atoms with Gasteiger partial charge in [-0.2, -0.15) is 0 Å². The van der Waals surface area contributed by atoms with Crippen molar-refractivity contribution >= 4 is 15.9 Å². The largest absolute Gasteiger partial charge is 0.379 e. The molecule has 0 aliphatic heterocycles. The second-order valence-electron chi connectivity index (χ2n) is 1.87. The molecule has 0 radical (unpaired) electrons. The predicted molar refractivity (Wildman–Crippen MR) is 49.4 cm³/mol. The smallest absolute Gasteiger partial charge is 0.0700 e. The van der Waals surface area contributed by atoms with Gasteiger partial charge in [0.1, 0.15) is 0 Å². The van der Waals surface area contributed by atoms with Crippen LogP contribution >= 0.6 is 15.9 Å². The van der Waals surface area contributed by atoms with Gasteiger partial charge in [-0.15, -0.1) is 0 Å². The van der Waals surface area contributed by atoms with Crippen molar-refractivity contribution in [1.29, 1.82) is 0 Å². The summed E-state index contributed by atoms with van der Waals surface area (Å²) in [5, 5.41) is 4.15. The molecule has 0 aliphatic carbocycles. The Kier molecular flexibility index (Phi) is 10.5. The SMILES string of the molecule is [N-]=[N+]=NCCOCCOCCBr. The molecule has 0 aliphatic rings. The molecule has 0 bridgehead atoms. The van der Waals surface area contributed by atoms with E-state index in [1.54, 1.807) is 0 Å². The number of hydrogen-bond donors (Lipinski definition) is 0. The maximum absolute atomic E-state index is 7.91. The Morgan fingerprint density at radius 3 is 2.42 bits per heavy atom. The topological polar surface area (TPSA) is 67.2 Å². The summed E-state index contributed by atoms with van der Waals surface area (Å²) < 4.78 is 10.2. The summed E-state index contributed by atoms with van der Waals surface area (Å²) in [6.45, 7) is 2.67. The average Bonchev–Trinajstić information content (AvgIpc) is 2.10. The lowest BCUT2D eigenvalue weighted by atomic mass is 10.7. The van der Waals surface area contributed by atoms with Crippen molar-refractivity contribution in [3.63, 3.8) is 0 Å². The first-order valence-corrected chi connectivity index (χ1v) is 4.76. The summed E-state index contributed by atoms with van der Waals surface area (Å²) in [6, 6.07) is 0. The molecule has 0 amide bonds. The molecule has 0 saturated carbocycles. The van der Waals surface area contributed by atoms with Crippen LogP contribution in [0.4, 0.5) is 0 Å². The van der Waals surface area contributed by atoms with Crippen molar-refractivity contribution in [1.82, 2.24) is 0 Å². The van der Waals surface area contributed by atoms with Gasteiger partial charge in [0.2, 0.25) is 0 Å². The molecular weight excluding hydrogens is 226 g/mol. The summed E-state index contributed by atoms with van der Waals surface area (Å²) in [5.41, 5.74) is 7.91. The lowest BCUT2D eigenvalue weighted by molar-refractivity contribution is 0.0573. The van der Waals surface area contributed by atoms with E-state index in [0.29, 0.717) is 33.0 Å². The molecule has 0 spiro atoms. The zero-order valence-electron chi connectivity index (χ0n) is 6.78. The molecule has 0 N–H and O–H groups in total. The van der Waals surface area contributed by atoms with Gasteiger partial charge in [-0.1, -0.05) is 21.0 Å². The Bertz CT molecular complexity index is 139. The second kappa shape index (κ2) is 10.7. The van der Waals surface area contributed by atoms with Gasteiger partial charge in [-0.05, 0) is 5.53 Å². The number of rotatable bonds is 8. The normalized spacial score (nSPS) is 9.42. The minimum Gasteiger partial charge on any atom is -0.379 e. The van der Waals surface area contributed by atoms with E-state index in [9.17, 15) is 0 Å². The number of halogens is 1. The van der Waals surface area contributed by atoms with E-state index in [0.717, 1.165) is 5.33 Å². The first-order valence-electron chi connectivity index (χ1n) is 3.64. The first kappa shape index (κ1) is 11.7. The van der Waals surface area contributed by atoms with E-state index >= 15 is 0 Å². The van der Waals surface area contributed by atoms with Crippen molar-refractivity contribution in [3.8, 4) is 0 Å². The number of hydrogen-bond acceptors (Lipinski definition) is 3. The molecule has 0 saturated heterocycles. The zero-order chi connectivity index (χ0) is 9.07. The fourth-order valence-electron chi connectivity index (χ4n) is 0.527. The van der Waals surface area contributed by atoms with E-state index in [1.807, 2.05) is 0 Å². The van der Waals surface area contributed by atoms with Crippen LogP contribution in [0.3, 0.4) is 0 Å². The predicted octanol–water partition coefficient (Wildman–Crippen LogP) is 1.72. The van der Waals surface area contributed by atoms with Gasteiger partial charge >= 0.3 is 0 Å². The van der Waals surface area contributed by atoms with Crippen molar-refractivity contribution in [3.05, 3.63) is 10.4 Å². The summed E-state index contributed by atoms with van der Waals surface area (Å²) in [5.74, 6) is 0. The third-order valence-corrected chi connectivity index (χ3v) is 1.32. The Labute approximate surface area is 79.8 Å². The summed E-state index contributed by atoms with van der Waals surface area (Å²) in [4.78, 5) is 2.59. The van der Waals surface area contributed by atoms with Crippen LogP contribution in [0.2, 0.25) is 0 Å². The molecule has 0 fully saturated rings. The molecule has 5 nitrogen and oxygen atoms in total. The van der Waals surface area contributed by atoms with Gasteiger partial charge < -0.3 is 9.47 Å². The number of azide groups is 1. The van der Waals surface area contributed by atoms with Crippen LogP contribution in [-0.2, 0) is 9.47 Å². The number of alkyl halides is 1. The van der Waals surface area contributed by atoms with Gasteiger partial charge in [0.15, 0.2) is 0 Å². The fourth-order valence-corrected chi connectivity index (χ4v) is 0.756. The van der Waals surface area contributed by atoms with Crippen LogP contribution in [0.5, 0.6) is 0 Å². The van der Waals surface area contributed by atoms with E-state index in [4.69, 9.17) is 15.0 Å². The number of nitrogens with zero attached hydrogens (tertiary/aromatic N) is 3. The van der Waals surface area contributed by atoms with Crippen molar-refractivity contribution in [2.45, 2.75) is 0 Å². The van der Waals surface area contributed by atoms with Crippen LogP contribution in [0.15, 0.2) is 5.11 Å². The highest BCUT2D eigenvalue weighted by molar-refractivity contribution is 9.09. The highest BCUT2D eigenvalue weighted by atomic mass is 79.9. The van der Waals surface area contributed by atoms with Gasteiger partial charge in [0, 0.05) is 16.8 Å². The lowest BCUT2D eigenvalue weighted by Crippen LogP contribution is -2.07. The van der Waals surface area contributed by atoms with Gasteiger partial charge in [0.05, 0.1) is 26.4 Å². The van der Waals surface area contributed by atoms with Gasteiger partial charge in [-0.3, -0.25) is 0 Å². The zero-order valence-corrected chi connectivity index (χ0v) is 8.36. The molecule has 0 aromatic heterocycles. The van der Waals surface area contributed by atoms with Crippen molar-refractivity contribution in [2.75, 3.05) is 38.3 Å². The third kappa shape index (κ3) is 9.71. The Morgan fingerprint density at radius 1 is 1.17 bits per heavy atom. The molecule has 6 heteroatoms. The van der Waals surface area contributed by atoms with Crippen LogP contribution in [-0.4, -0.2) is 38.3 Å². The minimum absolute atomic E-state index is 0.384. The quantitative estimate of drug-likeness (QED) is 0.212. The third-order valence-electron chi connectivity index (χ3n) is 0.992. The lowest BCUT2D eigenvalue weighted by Gasteiger charge is -2.01. The molecule has 12 heavy (non-hydrogen) atoms. The average molecular weight is 238 g/mol. The van der Waals surface area contributed by atoms with Gasteiger partial charge in [0.25, 0.3) is 0 Å². The van der Waals surface area contributed by atoms with Gasteiger partial charge in [-0.25, -0.2) is 0 Å². The molecule has 0 aromatic carbocycles. The van der Waals surface area contributed by atoms with Crippen LogP contribution in [0.1, 0.15) is 0 Å². The summed E-state index contributed by atoms with van der Waals surface area (Å²) >= 11 is 3.23. The molecule has 0 rings (SSSR count).